The zero-order valence-corrected chi connectivity index (χ0v) is 11.1. The predicted octanol–water partition coefficient (Wildman–Crippen LogP) is 1.95. The minimum absolute atomic E-state index is 0.210. The molecule has 0 radical (unpaired) electrons. The zero-order chi connectivity index (χ0) is 10.4. The standard InChI is InChI=1S/C11H25NOSi/c1-4-7-13-11(2,10-12-3)14-8-5-6-9-14/h12,14H,4-10H2,1-3H3. The Hall–Kier alpha value is 0.137. The van der Waals surface area contributed by atoms with E-state index in [4.69, 9.17) is 4.74 Å². The largest absolute Gasteiger partial charge is 0.378 e. The molecule has 0 amide bonds. The van der Waals surface area contributed by atoms with Gasteiger partial charge in [0, 0.05) is 13.2 Å². The fourth-order valence-electron chi connectivity index (χ4n) is 2.54. The number of hydrogen-bond acceptors (Lipinski definition) is 2. The monoisotopic (exact) mass is 215 g/mol. The van der Waals surface area contributed by atoms with E-state index >= 15 is 0 Å². The molecular formula is C11H25NOSi. The van der Waals surface area contributed by atoms with E-state index < -0.39 is 8.80 Å². The van der Waals surface area contributed by atoms with Crippen LogP contribution in [-0.4, -0.2) is 34.2 Å². The Morgan fingerprint density at radius 2 is 2.00 bits per heavy atom. The summed E-state index contributed by atoms with van der Waals surface area (Å²) in [6.45, 7) is 6.50. The van der Waals surface area contributed by atoms with Crippen molar-refractivity contribution in [2.24, 2.45) is 0 Å². The number of nitrogens with one attached hydrogen (secondary N) is 1. The second-order valence-electron chi connectivity index (χ2n) is 4.67. The van der Waals surface area contributed by atoms with E-state index in [1.165, 1.54) is 24.9 Å². The molecule has 14 heavy (non-hydrogen) atoms. The third-order valence-corrected chi connectivity index (χ3v) is 7.69. The quantitative estimate of drug-likeness (QED) is 0.684. The Bertz CT molecular complexity index is 159. The Labute approximate surface area is 90.0 Å². The molecule has 0 spiro atoms. The molecule has 1 aliphatic rings. The van der Waals surface area contributed by atoms with Gasteiger partial charge in [-0.15, -0.1) is 0 Å². The van der Waals surface area contributed by atoms with Gasteiger partial charge in [-0.2, -0.15) is 0 Å². The molecule has 0 saturated carbocycles. The number of ether oxygens (including phenoxy) is 1. The number of rotatable bonds is 6. The Balaban J connectivity index is 2.49. The maximum atomic E-state index is 6.10. The van der Waals surface area contributed by atoms with Crippen molar-refractivity contribution < 1.29 is 4.74 Å². The maximum absolute atomic E-state index is 6.10. The average Bonchev–Trinajstić information content (AvgIpc) is 2.68. The lowest BCUT2D eigenvalue weighted by Gasteiger charge is -2.35. The van der Waals surface area contributed by atoms with Crippen LogP contribution in [0, 0.1) is 0 Å². The summed E-state index contributed by atoms with van der Waals surface area (Å²) in [5.41, 5.74) is 0. The summed E-state index contributed by atoms with van der Waals surface area (Å²) in [4.78, 5) is 0. The van der Waals surface area contributed by atoms with Gasteiger partial charge in [0.25, 0.3) is 0 Å². The summed E-state index contributed by atoms with van der Waals surface area (Å²) in [5.74, 6) is 0. The first-order chi connectivity index (χ1) is 6.73. The van der Waals surface area contributed by atoms with Crippen LogP contribution in [-0.2, 0) is 4.74 Å². The van der Waals surface area contributed by atoms with Crippen molar-refractivity contribution in [1.29, 1.82) is 0 Å². The van der Waals surface area contributed by atoms with Crippen molar-refractivity contribution in [3.63, 3.8) is 0 Å². The molecule has 1 rings (SSSR count). The van der Waals surface area contributed by atoms with Gasteiger partial charge in [0.2, 0.25) is 0 Å². The van der Waals surface area contributed by atoms with Gasteiger partial charge < -0.3 is 10.1 Å². The molecule has 1 aliphatic heterocycles. The van der Waals surface area contributed by atoms with Crippen LogP contribution >= 0.6 is 0 Å². The predicted molar refractivity (Wildman–Crippen MR) is 64.6 cm³/mol. The molecule has 0 bridgehead atoms. The highest BCUT2D eigenvalue weighted by Gasteiger charge is 2.37. The lowest BCUT2D eigenvalue weighted by atomic mass is 10.4. The second-order valence-corrected chi connectivity index (χ2v) is 8.44. The summed E-state index contributed by atoms with van der Waals surface area (Å²) in [6, 6.07) is 2.98. The van der Waals surface area contributed by atoms with Gasteiger partial charge in [-0.1, -0.05) is 31.9 Å². The molecule has 0 aromatic carbocycles. The fraction of sp³-hybridized carbons (Fsp3) is 1.00. The molecule has 1 N–H and O–H groups in total. The van der Waals surface area contributed by atoms with Crippen LogP contribution in [0.2, 0.25) is 12.1 Å². The minimum atomic E-state index is -0.645. The minimum Gasteiger partial charge on any atom is -0.378 e. The Kier molecular flexibility index (Phi) is 5.13. The molecule has 0 aromatic rings. The van der Waals surface area contributed by atoms with E-state index in [9.17, 15) is 0 Å². The number of hydrogen-bond donors (Lipinski definition) is 1. The lowest BCUT2D eigenvalue weighted by Crippen LogP contribution is -2.51. The average molecular weight is 215 g/mol. The van der Waals surface area contributed by atoms with Crippen LogP contribution in [0.5, 0.6) is 0 Å². The van der Waals surface area contributed by atoms with E-state index in [0.29, 0.717) is 0 Å². The molecule has 1 heterocycles. The van der Waals surface area contributed by atoms with E-state index in [-0.39, 0.29) is 5.22 Å². The van der Waals surface area contributed by atoms with Crippen molar-refractivity contribution in [2.45, 2.75) is 50.4 Å². The van der Waals surface area contributed by atoms with Crippen molar-refractivity contribution >= 4 is 8.80 Å². The van der Waals surface area contributed by atoms with Crippen LogP contribution in [0.25, 0.3) is 0 Å². The summed E-state index contributed by atoms with van der Waals surface area (Å²) >= 11 is 0. The molecule has 2 nitrogen and oxygen atoms in total. The van der Waals surface area contributed by atoms with Crippen molar-refractivity contribution in [1.82, 2.24) is 5.32 Å². The molecule has 84 valence electrons. The summed E-state index contributed by atoms with van der Waals surface area (Å²) in [7, 11) is 1.39. The highest BCUT2D eigenvalue weighted by atomic mass is 28.3. The van der Waals surface area contributed by atoms with Crippen molar-refractivity contribution in [3.8, 4) is 0 Å². The van der Waals surface area contributed by atoms with Gasteiger partial charge >= 0.3 is 0 Å². The SMILES string of the molecule is CCCOC(C)(CNC)[SiH]1CCCC1. The van der Waals surface area contributed by atoms with Crippen LogP contribution < -0.4 is 5.32 Å². The lowest BCUT2D eigenvalue weighted by molar-refractivity contribution is 0.0280. The van der Waals surface area contributed by atoms with Gasteiger partial charge in [-0.05, 0) is 20.4 Å². The Morgan fingerprint density at radius 3 is 2.50 bits per heavy atom. The highest BCUT2D eigenvalue weighted by Crippen LogP contribution is 2.29. The van der Waals surface area contributed by atoms with Crippen molar-refractivity contribution in [3.05, 3.63) is 0 Å². The van der Waals surface area contributed by atoms with Gasteiger partial charge in [-0.3, -0.25) is 0 Å². The van der Waals surface area contributed by atoms with E-state index in [2.05, 4.69) is 19.2 Å². The normalized spacial score (nSPS) is 22.5. The first kappa shape index (κ1) is 12.2. The van der Waals surface area contributed by atoms with E-state index in [1.807, 2.05) is 7.05 Å². The summed E-state index contributed by atoms with van der Waals surface area (Å²) in [5, 5.41) is 3.51. The molecule has 3 heteroatoms. The van der Waals surface area contributed by atoms with Gasteiger partial charge in [-0.25, -0.2) is 0 Å². The maximum Gasteiger partial charge on any atom is 0.0769 e. The van der Waals surface area contributed by atoms with E-state index in [1.54, 1.807) is 0 Å². The molecule has 1 fully saturated rings. The first-order valence-electron chi connectivity index (χ1n) is 6.01. The molecular weight excluding hydrogens is 190 g/mol. The van der Waals surface area contributed by atoms with Gasteiger partial charge in [0.15, 0.2) is 0 Å². The summed E-state index contributed by atoms with van der Waals surface area (Å²) in [6.07, 6.45) is 4.04. The van der Waals surface area contributed by atoms with Crippen LogP contribution in [0.3, 0.4) is 0 Å². The van der Waals surface area contributed by atoms with E-state index in [0.717, 1.165) is 19.6 Å². The van der Waals surface area contributed by atoms with Crippen LogP contribution in [0.15, 0.2) is 0 Å². The summed E-state index contributed by atoms with van der Waals surface area (Å²) < 4.78 is 6.10. The smallest absolute Gasteiger partial charge is 0.0769 e. The molecule has 1 atom stereocenters. The molecule has 0 aromatic heterocycles. The fourth-order valence-corrected chi connectivity index (χ4v) is 6.46. The van der Waals surface area contributed by atoms with Gasteiger partial charge in [0.1, 0.15) is 0 Å². The molecule has 1 saturated heterocycles. The topological polar surface area (TPSA) is 21.3 Å². The van der Waals surface area contributed by atoms with Gasteiger partial charge in [0.05, 0.1) is 14.0 Å². The third kappa shape index (κ3) is 3.07. The highest BCUT2D eigenvalue weighted by molar-refractivity contribution is 6.62. The van der Waals surface area contributed by atoms with Crippen LogP contribution in [0.1, 0.15) is 33.1 Å². The van der Waals surface area contributed by atoms with Crippen molar-refractivity contribution in [2.75, 3.05) is 20.2 Å². The third-order valence-electron chi connectivity index (χ3n) is 3.38. The zero-order valence-electron chi connectivity index (χ0n) is 9.94. The molecule has 1 unspecified atom stereocenters. The number of likely N-dealkylation sites (N-methyl/N-ethyl adjacent to an activating group) is 1. The second kappa shape index (κ2) is 5.88. The molecule has 0 aliphatic carbocycles. The Morgan fingerprint density at radius 1 is 1.36 bits per heavy atom. The van der Waals surface area contributed by atoms with Crippen LogP contribution in [0.4, 0.5) is 0 Å². The first-order valence-corrected chi connectivity index (χ1v) is 8.22.